The van der Waals surface area contributed by atoms with Gasteiger partial charge < -0.3 is 33.9 Å². The van der Waals surface area contributed by atoms with Crippen molar-refractivity contribution in [2.24, 2.45) is 0 Å². The molecule has 5 aromatic rings. The predicted octanol–water partition coefficient (Wildman–Crippen LogP) is 6.22. The molecule has 0 spiro atoms. The van der Waals surface area contributed by atoms with Crippen LogP contribution in [0.15, 0.2) is 12.1 Å². The van der Waals surface area contributed by atoms with Crippen molar-refractivity contribution in [1.82, 2.24) is 15.0 Å². The monoisotopic (exact) mass is 573 g/mol. The SMILES string of the molecule is CCOC(=O)c1[nH]c(Cc2c3[nH]c(C(=O)OCC)c(C)c3c(C)c3[nH]c4cc(OC)c(OC)cc4c23)c(C(C)=O)c1C. The summed E-state index contributed by atoms with van der Waals surface area (Å²) in [5, 5.41) is 2.65. The third kappa shape index (κ3) is 4.38. The van der Waals surface area contributed by atoms with Crippen molar-refractivity contribution in [1.29, 1.82) is 0 Å². The Kier molecular flexibility index (Phi) is 7.49. The van der Waals surface area contributed by atoms with E-state index < -0.39 is 11.9 Å². The fourth-order valence-electron chi connectivity index (χ4n) is 6.09. The maximum atomic E-state index is 12.9. The lowest BCUT2D eigenvalue weighted by Gasteiger charge is -2.12. The molecule has 0 aliphatic rings. The zero-order valence-electron chi connectivity index (χ0n) is 25.1. The minimum absolute atomic E-state index is 0.172. The average Bonchev–Trinajstić information content (AvgIpc) is 3.61. The van der Waals surface area contributed by atoms with Crippen molar-refractivity contribution in [3.8, 4) is 11.5 Å². The summed E-state index contributed by atoms with van der Waals surface area (Å²) in [6, 6.07) is 3.81. The minimum atomic E-state index is -0.521. The molecule has 0 amide bonds. The number of carbonyl (C=O) groups excluding carboxylic acids is 3. The van der Waals surface area contributed by atoms with Gasteiger partial charge in [-0.15, -0.1) is 0 Å². The van der Waals surface area contributed by atoms with E-state index in [0.717, 1.165) is 49.4 Å². The van der Waals surface area contributed by atoms with Crippen LogP contribution in [0.4, 0.5) is 0 Å². The number of H-pyrrole nitrogens is 3. The Morgan fingerprint density at radius 3 is 1.90 bits per heavy atom. The molecule has 0 unspecified atom stereocenters. The zero-order valence-corrected chi connectivity index (χ0v) is 25.1. The number of fused-ring (bicyclic) bond motifs is 4. The zero-order chi connectivity index (χ0) is 30.5. The Balaban J connectivity index is 1.90. The van der Waals surface area contributed by atoms with E-state index in [2.05, 4.69) is 15.0 Å². The summed E-state index contributed by atoms with van der Waals surface area (Å²) in [5.41, 5.74) is 7.17. The first-order valence-corrected chi connectivity index (χ1v) is 13.8. The van der Waals surface area contributed by atoms with Crippen LogP contribution in [0.25, 0.3) is 32.7 Å². The fraction of sp³-hybridized carbons (Fsp3) is 0.344. The highest BCUT2D eigenvalue weighted by Crippen LogP contribution is 2.43. The minimum Gasteiger partial charge on any atom is -0.493 e. The van der Waals surface area contributed by atoms with Gasteiger partial charge in [0.2, 0.25) is 0 Å². The van der Waals surface area contributed by atoms with Gasteiger partial charge in [-0.25, -0.2) is 9.59 Å². The standard InChI is InChI=1S/C32H35N3O7/c1-9-41-31(37)28-16(5)25(17(6)36)21(34-28)11-19-26-18-12-22(39-7)23(40-8)13-20(18)33-27(26)14(3)24-15(4)29(35-30(19)24)32(38)42-10-2/h12-13,33-35H,9-11H2,1-8H3. The third-order valence-corrected chi connectivity index (χ3v) is 7.90. The molecule has 3 heterocycles. The van der Waals surface area contributed by atoms with E-state index in [9.17, 15) is 14.4 Å². The molecule has 2 aromatic carbocycles. The first kappa shape index (κ1) is 28.8. The number of benzene rings is 2. The molecule has 10 nitrogen and oxygen atoms in total. The summed E-state index contributed by atoms with van der Waals surface area (Å²) >= 11 is 0. The highest BCUT2D eigenvalue weighted by atomic mass is 16.5. The molecule has 42 heavy (non-hydrogen) atoms. The second-order valence-corrected chi connectivity index (χ2v) is 10.3. The van der Waals surface area contributed by atoms with Crippen LogP contribution in [0.3, 0.4) is 0 Å². The molecule has 5 rings (SSSR count). The van der Waals surface area contributed by atoms with Crippen LogP contribution < -0.4 is 9.47 Å². The summed E-state index contributed by atoms with van der Waals surface area (Å²) in [6.45, 7) is 11.1. The number of esters is 2. The number of ketones is 1. The number of methoxy groups -OCH3 is 2. The number of aryl methyl sites for hydroxylation is 2. The van der Waals surface area contributed by atoms with Crippen LogP contribution in [-0.2, 0) is 15.9 Å². The lowest BCUT2D eigenvalue weighted by molar-refractivity contribution is 0.0510. The molecule has 3 aromatic heterocycles. The van der Waals surface area contributed by atoms with Gasteiger partial charge in [-0.2, -0.15) is 0 Å². The van der Waals surface area contributed by atoms with E-state index in [1.54, 1.807) is 35.0 Å². The smallest absolute Gasteiger partial charge is 0.355 e. The maximum absolute atomic E-state index is 12.9. The number of aromatic nitrogens is 3. The van der Waals surface area contributed by atoms with Gasteiger partial charge in [0.15, 0.2) is 17.3 Å². The van der Waals surface area contributed by atoms with Gasteiger partial charge in [0.05, 0.1) is 44.0 Å². The Hall–Kier alpha value is -4.73. The molecule has 0 atom stereocenters. The Morgan fingerprint density at radius 2 is 1.33 bits per heavy atom. The van der Waals surface area contributed by atoms with E-state index in [1.165, 1.54) is 6.92 Å². The number of aromatic amines is 3. The average molecular weight is 574 g/mol. The molecule has 0 fully saturated rings. The first-order chi connectivity index (χ1) is 20.1. The molecule has 0 aliphatic carbocycles. The lowest BCUT2D eigenvalue weighted by atomic mass is 9.93. The van der Waals surface area contributed by atoms with Crippen molar-refractivity contribution >= 4 is 50.4 Å². The van der Waals surface area contributed by atoms with Crippen LogP contribution in [0, 0.1) is 20.8 Å². The molecule has 0 saturated carbocycles. The van der Waals surface area contributed by atoms with Crippen LogP contribution in [0.1, 0.15) is 80.1 Å². The van der Waals surface area contributed by atoms with E-state index in [4.69, 9.17) is 18.9 Å². The van der Waals surface area contributed by atoms with Crippen LogP contribution in [-0.4, -0.2) is 60.1 Å². The molecule has 10 heteroatoms. The third-order valence-electron chi connectivity index (χ3n) is 7.90. The van der Waals surface area contributed by atoms with Gasteiger partial charge in [-0.05, 0) is 69.9 Å². The van der Waals surface area contributed by atoms with Gasteiger partial charge in [0.25, 0.3) is 0 Å². The number of ether oxygens (including phenoxy) is 4. The van der Waals surface area contributed by atoms with Crippen molar-refractivity contribution in [3.63, 3.8) is 0 Å². The van der Waals surface area contributed by atoms with Gasteiger partial charge in [-0.3, -0.25) is 4.79 Å². The fourth-order valence-corrected chi connectivity index (χ4v) is 6.09. The number of hydrogen-bond donors (Lipinski definition) is 3. The largest absolute Gasteiger partial charge is 0.493 e. The second kappa shape index (κ2) is 10.9. The van der Waals surface area contributed by atoms with Gasteiger partial charge in [-0.1, -0.05) is 0 Å². The first-order valence-electron chi connectivity index (χ1n) is 13.8. The van der Waals surface area contributed by atoms with Crippen LogP contribution >= 0.6 is 0 Å². The molecule has 3 N–H and O–H groups in total. The quantitative estimate of drug-likeness (QED) is 0.141. The molecule has 0 bridgehead atoms. The maximum Gasteiger partial charge on any atom is 0.355 e. The van der Waals surface area contributed by atoms with E-state index >= 15 is 0 Å². The molecule has 0 aliphatic heterocycles. The van der Waals surface area contributed by atoms with E-state index in [0.29, 0.717) is 34.0 Å². The van der Waals surface area contributed by atoms with Crippen LogP contribution in [0.5, 0.6) is 11.5 Å². The molecule has 0 saturated heterocycles. The van der Waals surface area contributed by atoms with Crippen LogP contribution in [0.2, 0.25) is 0 Å². The number of rotatable bonds is 9. The van der Waals surface area contributed by atoms with Crippen molar-refractivity contribution in [2.75, 3.05) is 27.4 Å². The lowest BCUT2D eigenvalue weighted by Crippen LogP contribution is -2.07. The van der Waals surface area contributed by atoms with E-state index in [1.807, 2.05) is 26.0 Å². The van der Waals surface area contributed by atoms with Crippen molar-refractivity contribution in [2.45, 2.75) is 48.0 Å². The summed E-state index contributed by atoms with van der Waals surface area (Å²) in [5.74, 6) is 0.0109. The summed E-state index contributed by atoms with van der Waals surface area (Å²) in [7, 11) is 3.17. The van der Waals surface area contributed by atoms with E-state index in [-0.39, 0.29) is 31.1 Å². The molecular formula is C32H35N3O7. The van der Waals surface area contributed by atoms with Crippen molar-refractivity contribution in [3.05, 3.63) is 57.0 Å². The van der Waals surface area contributed by atoms with Gasteiger partial charge >= 0.3 is 11.9 Å². The summed E-state index contributed by atoms with van der Waals surface area (Å²) in [6.07, 6.45) is 0.256. The Morgan fingerprint density at radius 1 is 0.738 bits per heavy atom. The molecule has 0 radical (unpaired) electrons. The van der Waals surface area contributed by atoms with Crippen molar-refractivity contribution < 1.29 is 33.3 Å². The summed E-state index contributed by atoms with van der Waals surface area (Å²) < 4.78 is 21.8. The highest BCUT2D eigenvalue weighted by molar-refractivity contribution is 6.18. The Labute approximate surface area is 242 Å². The number of nitrogens with one attached hydrogen (secondary N) is 3. The normalized spacial score (nSPS) is 11.4. The van der Waals surface area contributed by atoms with Gasteiger partial charge in [0.1, 0.15) is 11.4 Å². The van der Waals surface area contributed by atoms with Gasteiger partial charge in [0, 0.05) is 39.9 Å². The molecule has 220 valence electrons. The Bertz CT molecular complexity index is 1900. The second-order valence-electron chi connectivity index (χ2n) is 10.3. The predicted molar refractivity (Wildman–Crippen MR) is 160 cm³/mol. The molecular weight excluding hydrogens is 538 g/mol. The summed E-state index contributed by atoms with van der Waals surface area (Å²) in [4.78, 5) is 48.7. The number of Topliss-reactive ketones (excluding diaryl/α,β-unsaturated/α-hetero) is 1. The highest BCUT2D eigenvalue weighted by Gasteiger charge is 2.28. The number of carbonyl (C=O) groups is 3. The number of hydrogen-bond acceptors (Lipinski definition) is 7. The topological polar surface area (TPSA) is 136 Å².